The van der Waals surface area contributed by atoms with E-state index in [4.69, 9.17) is 11.5 Å². The topological polar surface area (TPSA) is 105 Å². The van der Waals surface area contributed by atoms with Crippen LogP contribution in [0.3, 0.4) is 0 Å². The largest absolute Gasteiger partial charge is 0.449 e. The molecule has 0 aromatic carbocycles. The first kappa shape index (κ1) is 18.1. The van der Waals surface area contributed by atoms with Crippen molar-refractivity contribution < 1.29 is 19.1 Å². The molecular weight excluding hydrogens is 284 g/mol. The van der Waals surface area contributed by atoms with Crippen molar-refractivity contribution in [3.8, 4) is 0 Å². The van der Waals surface area contributed by atoms with E-state index < -0.39 is 12.2 Å². The molecule has 0 aromatic rings. The first-order chi connectivity index (χ1) is 10.6. The van der Waals surface area contributed by atoms with Gasteiger partial charge in [0, 0.05) is 0 Å². The number of carbonyl (C=O) groups is 2. The van der Waals surface area contributed by atoms with Gasteiger partial charge in [-0.15, -0.1) is 0 Å². The van der Waals surface area contributed by atoms with Crippen LogP contribution in [0.25, 0.3) is 0 Å². The van der Waals surface area contributed by atoms with E-state index in [1.165, 1.54) is 0 Å². The monoisotopic (exact) mass is 310 g/mol. The molecule has 0 aromatic heterocycles. The maximum atomic E-state index is 10.2. The number of nitrogens with two attached hydrogens (primary N) is 2. The molecule has 2 amide bonds. The Morgan fingerprint density at radius 1 is 0.818 bits per heavy atom. The van der Waals surface area contributed by atoms with Crippen LogP contribution in [0.4, 0.5) is 9.59 Å². The predicted octanol–water partition coefficient (Wildman–Crippen LogP) is 2.88. The van der Waals surface area contributed by atoms with Gasteiger partial charge in [-0.05, 0) is 50.4 Å². The minimum atomic E-state index is -0.667. The highest BCUT2D eigenvalue weighted by Crippen LogP contribution is 2.18. The Hall–Kier alpha value is -1.98. The molecule has 2 aliphatic carbocycles. The molecule has 124 valence electrons. The van der Waals surface area contributed by atoms with Gasteiger partial charge in [0.05, 0.1) is 13.2 Å². The van der Waals surface area contributed by atoms with Crippen molar-refractivity contribution in [2.75, 3.05) is 13.2 Å². The van der Waals surface area contributed by atoms with Crippen molar-refractivity contribution in [2.45, 2.75) is 38.5 Å². The Morgan fingerprint density at radius 2 is 1.23 bits per heavy atom. The van der Waals surface area contributed by atoms with E-state index >= 15 is 0 Å². The number of primary amides is 2. The van der Waals surface area contributed by atoms with Crippen molar-refractivity contribution in [2.24, 2.45) is 23.3 Å². The molecular formula is C16H26N2O4. The quantitative estimate of drug-likeness (QED) is 0.779. The van der Waals surface area contributed by atoms with Gasteiger partial charge in [-0.25, -0.2) is 9.59 Å². The van der Waals surface area contributed by atoms with Gasteiger partial charge in [0.2, 0.25) is 0 Å². The lowest BCUT2D eigenvalue weighted by Gasteiger charge is -2.16. The Bertz CT molecular complexity index is 369. The molecule has 2 rings (SSSR count). The summed E-state index contributed by atoms with van der Waals surface area (Å²) in [6, 6.07) is 0. The van der Waals surface area contributed by atoms with E-state index in [-0.39, 0.29) is 0 Å². The summed E-state index contributed by atoms with van der Waals surface area (Å²) in [6.45, 7) is 0.944. The summed E-state index contributed by atoms with van der Waals surface area (Å²) in [6.07, 6.45) is 13.6. The van der Waals surface area contributed by atoms with E-state index in [1.54, 1.807) is 0 Å². The fraction of sp³-hybridized carbons (Fsp3) is 0.625. The van der Waals surface area contributed by atoms with Crippen LogP contribution in [0, 0.1) is 11.8 Å². The lowest BCUT2D eigenvalue weighted by Crippen LogP contribution is -2.19. The number of ether oxygens (including phenoxy) is 2. The SMILES string of the molecule is NC(=O)OCC1CC=CCC1.NC(=O)OCC1CC=CCC1. The molecule has 0 heterocycles. The van der Waals surface area contributed by atoms with Crippen molar-refractivity contribution in [1.82, 2.24) is 0 Å². The van der Waals surface area contributed by atoms with Gasteiger partial charge in [-0.1, -0.05) is 24.3 Å². The van der Waals surface area contributed by atoms with Gasteiger partial charge in [0.25, 0.3) is 0 Å². The average Bonchev–Trinajstić information content (AvgIpc) is 2.53. The van der Waals surface area contributed by atoms with Crippen LogP contribution in [-0.2, 0) is 9.47 Å². The third-order valence-corrected chi connectivity index (χ3v) is 3.68. The average molecular weight is 310 g/mol. The van der Waals surface area contributed by atoms with Gasteiger partial charge >= 0.3 is 12.2 Å². The molecule has 6 nitrogen and oxygen atoms in total. The summed E-state index contributed by atoms with van der Waals surface area (Å²) in [5.74, 6) is 0.958. The zero-order valence-corrected chi connectivity index (χ0v) is 12.9. The number of hydrogen-bond acceptors (Lipinski definition) is 4. The Labute approximate surface area is 131 Å². The van der Waals surface area contributed by atoms with Crippen LogP contribution >= 0.6 is 0 Å². The van der Waals surface area contributed by atoms with Gasteiger partial charge in [0.15, 0.2) is 0 Å². The molecule has 2 unspecified atom stereocenters. The molecule has 0 radical (unpaired) electrons. The van der Waals surface area contributed by atoms with Crippen LogP contribution < -0.4 is 11.5 Å². The minimum Gasteiger partial charge on any atom is -0.449 e. The number of allylic oxidation sites excluding steroid dienone is 4. The Kier molecular flexibility index (Phi) is 8.79. The first-order valence-corrected chi connectivity index (χ1v) is 7.72. The first-order valence-electron chi connectivity index (χ1n) is 7.72. The van der Waals surface area contributed by atoms with E-state index in [1.807, 2.05) is 0 Å². The van der Waals surface area contributed by atoms with Crippen LogP contribution in [-0.4, -0.2) is 25.4 Å². The summed E-state index contributed by atoms with van der Waals surface area (Å²) in [5.41, 5.74) is 9.66. The zero-order chi connectivity index (χ0) is 16.2. The lowest BCUT2D eigenvalue weighted by molar-refractivity contribution is 0.133. The normalized spacial score (nSPS) is 23.1. The highest BCUT2D eigenvalue weighted by atomic mass is 16.5. The molecule has 2 atom stereocenters. The highest BCUT2D eigenvalue weighted by molar-refractivity contribution is 5.64. The maximum Gasteiger partial charge on any atom is 0.404 e. The van der Waals surface area contributed by atoms with Crippen molar-refractivity contribution in [1.29, 1.82) is 0 Å². The van der Waals surface area contributed by atoms with E-state index in [9.17, 15) is 9.59 Å². The number of carbonyl (C=O) groups excluding carboxylic acids is 2. The highest BCUT2D eigenvalue weighted by Gasteiger charge is 2.11. The molecule has 0 bridgehead atoms. The summed E-state index contributed by atoms with van der Waals surface area (Å²) >= 11 is 0. The van der Waals surface area contributed by atoms with E-state index in [0.717, 1.165) is 38.5 Å². The Balaban J connectivity index is 0.000000220. The second-order valence-corrected chi connectivity index (χ2v) is 5.56. The molecule has 6 heteroatoms. The third-order valence-electron chi connectivity index (χ3n) is 3.68. The molecule has 4 N–H and O–H groups in total. The fourth-order valence-electron chi connectivity index (χ4n) is 2.42. The summed E-state index contributed by atoms with van der Waals surface area (Å²) in [4.78, 5) is 20.4. The van der Waals surface area contributed by atoms with E-state index in [0.29, 0.717) is 25.0 Å². The van der Waals surface area contributed by atoms with Crippen LogP contribution in [0.1, 0.15) is 38.5 Å². The van der Waals surface area contributed by atoms with Gasteiger partial charge < -0.3 is 20.9 Å². The fourth-order valence-corrected chi connectivity index (χ4v) is 2.42. The van der Waals surface area contributed by atoms with Crippen molar-refractivity contribution in [3.05, 3.63) is 24.3 Å². The number of hydrogen-bond donors (Lipinski definition) is 2. The van der Waals surface area contributed by atoms with Crippen molar-refractivity contribution >= 4 is 12.2 Å². The molecule has 22 heavy (non-hydrogen) atoms. The van der Waals surface area contributed by atoms with Crippen LogP contribution in [0.15, 0.2) is 24.3 Å². The zero-order valence-electron chi connectivity index (χ0n) is 12.9. The summed E-state index contributed by atoms with van der Waals surface area (Å²) in [7, 11) is 0. The standard InChI is InChI=1S/2C8H13NO2/c2*9-8(10)11-6-7-4-2-1-3-5-7/h2*1-2,7H,3-6H2,(H2,9,10). The van der Waals surface area contributed by atoms with Gasteiger partial charge in [0.1, 0.15) is 0 Å². The molecule has 0 saturated heterocycles. The van der Waals surface area contributed by atoms with Gasteiger partial charge in [-0.2, -0.15) is 0 Å². The smallest absolute Gasteiger partial charge is 0.404 e. The molecule has 0 saturated carbocycles. The molecule has 2 aliphatic rings. The molecule has 0 fully saturated rings. The molecule has 0 spiro atoms. The Morgan fingerprint density at radius 3 is 1.50 bits per heavy atom. The summed E-state index contributed by atoms with van der Waals surface area (Å²) in [5, 5.41) is 0. The second kappa shape index (κ2) is 10.7. The maximum absolute atomic E-state index is 10.2. The predicted molar refractivity (Wildman–Crippen MR) is 84.0 cm³/mol. The number of amides is 2. The summed E-state index contributed by atoms with van der Waals surface area (Å²) < 4.78 is 9.37. The van der Waals surface area contributed by atoms with Crippen LogP contribution in [0.2, 0.25) is 0 Å². The van der Waals surface area contributed by atoms with Crippen LogP contribution in [0.5, 0.6) is 0 Å². The van der Waals surface area contributed by atoms with E-state index in [2.05, 4.69) is 33.8 Å². The van der Waals surface area contributed by atoms with Gasteiger partial charge in [-0.3, -0.25) is 0 Å². The number of rotatable bonds is 4. The molecule has 0 aliphatic heterocycles. The second-order valence-electron chi connectivity index (χ2n) is 5.56. The van der Waals surface area contributed by atoms with Crippen molar-refractivity contribution in [3.63, 3.8) is 0 Å². The lowest BCUT2D eigenvalue weighted by atomic mass is 9.95. The third kappa shape index (κ3) is 9.05. The minimum absolute atomic E-state index is 0.472.